The highest BCUT2D eigenvalue weighted by Crippen LogP contribution is 2.36. The number of nitrogens with zero attached hydrogens (tertiary/aromatic N) is 5. The van der Waals surface area contributed by atoms with Crippen LogP contribution in [0.4, 0.5) is 5.69 Å². The molecule has 160 valence electrons. The second kappa shape index (κ2) is 8.23. The molecule has 0 N–H and O–H groups in total. The van der Waals surface area contributed by atoms with Crippen LogP contribution in [0.3, 0.4) is 0 Å². The Labute approximate surface area is 188 Å². The van der Waals surface area contributed by atoms with Crippen molar-refractivity contribution in [2.75, 3.05) is 18.6 Å². The van der Waals surface area contributed by atoms with Crippen LogP contribution < -0.4 is 9.64 Å². The Morgan fingerprint density at radius 1 is 0.875 bits per heavy atom. The summed E-state index contributed by atoms with van der Waals surface area (Å²) >= 11 is 0. The molecular weight excluding hydrogens is 398 g/mol. The van der Waals surface area contributed by atoms with Crippen LogP contribution in [0, 0.1) is 0 Å². The highest BCUT2D eigenvalue weighted by Gasteiger charge is 2.26. The molecule has 5 rings (SSSR count). The number of imidazole rings is 1. The van der Waals surface area contributed by atoms with Crippen LogP contribution in [0.2, 0.25) is 0 Å². The van der Waals surface area contributed by atoms with Gasteiger partial charge >= 0.3 is 0 Å². The minimum absolute atomic E-state index is 0.772. The third-order valence-corrected chi connectivity index (χ3v) is 5.70. The van der Waals surface area contributed by atoms with Crippen molar-refractivity contribution in [3.63, 3.8) is 0 Å². The number of aryl methyl sites for hydroxylation is 1. The quantitative estimate of drug-likeness (QED) is 0.432. The van der Waals surface area contributed by atoms with E-state index in [2.05, 4.69) is 51.9 Å². The summed E-state index contributed by atoms with van der Waals surface area (Å²) in [5.41, 5.74) is 5.60. The van der Waals surface area contributed by atoms with Gasteiger partial charge in [-0.05, 0) is 43.3 Å². The zero-order valence-corrected chi connectivity index (χ0v) is 18.4. The van der Waals surface area contributed by atoms with Crippen molar-refractivity contribution in [1.29, 1.82) is 0 Å². The van der Waals surface area contributed by atoms with Gasteiger partial charge in [-0.3, -0.25) is 4.98 Å². The summed E-state index contributed by atoms with van der Waals surface area (Å²) in [4.78, 5) is 13.3. The fraction of sp³-hybridized carbons (Fsp3) is 0.154. The summed E-state index contributed by atoms with van der Waals surface area (Å²) in [6.07, 6.45) is 7.45. The Bertz CT molecular complexity index is 1280. The molecule has 0 amide bonds. The summed E-state index contributed by atoms with van der Waals surface area (Å²) < 4.78 is 8.23. The first-order valence-corrected chi connectivity index (χ1v) is 10.6. The number of benzene rings is 2. The van der Waals surface area contributed by atoms with E-state index in [0.717, 1.165) is 40.8 Å². The first kappa shape index (κ1) is 19.9. The Kier molecular flexibility index (Phi) is 5.11. The van der Waals surface area contributed by atoms with E-state index in [9.17, 15) is 0 Å². The predicted molar refractivity (Wildman–Crippen MR) is 127 cm³/mol. The lowest BCUT2D eigenvalue weighted by atomic mass is 10.1. The smallest absolute Gasteiger partial charge is 0.139 e. The molecule has 32 heavy (non-hydrogen) atoms. The number of anilines is 1. The molecule has 1 aliphatic rings. The van der Waals surface area contributed by atoms with Gasteiger partial charge in [-0.25, -0.2) is 4.98 Å². The summed E-state index contributed by atoms with van der Waals surface area (Å²) in [5.74, 6) is 2.49. The lowest BCUT2D eigenvalue weighted by molar-refractivity contribution is 0.482. The predicted octanol–water partition coefficient (Wildman–Crippen LogP) is 5.37. The van der Waals surface area contributed by atoms with Gasteiger partial charge in [-0.15, -0.1) is 0 Å². The number of ether oxygens (including phenoxy) is 1. The van der Waals surface area contributed by atoms with Crippen LogP contribution in [0.5, 0.6) is 11.5 Å². The Morgan fingerprint density at radius 2 is 1.66 bits per heavy atom. The Hall–Kier alpha value is -4.06. The van der Waals surface area contributed by atoms with Gasteiger partial charge in [0.15, 0.2) is 0 Å². The van der Waals surface area contributed by atoms with Crippen molar-refractivity contribution in [2.45, 2.75) is 6.92 Å². The summed E-state index contributed by atoms with van der Waals surface area (Å²) in [5, 5.41) is 0. The molecule has 2 aromatic heterocycles. The van der Waals surface area contributed by atoms with E-state index in [1.807, 2.05) is 66.5 Å². The van der Waals surface area contributed by atoms with Gasteiger partial charge in [0.05, 0.1) is 12.4 Å². The first-order valence-electron chi connectivity index (χ1n) is 10.6. The van der Waals surface area contributed by atoms with Crippen molar-refractivity contribution in [3.8, 4) is 22.9 Å². The molecule has 3 heterocycles. The van der Waals surface area contributed by atoms with E-state index in [4.69, 9.17) is 4.74 Å². The normalized spacial score (nSPS) is 13.7. The van der Waals surface area contributed by atoms with Crippen LogP contribution in [0.15, 0.2) is 91.1 Å². The molecular formula is C26H25N5O. The topological polar surface area (TPSA) is 46.4 Å². The molecule has 2 aromatic carbocycles. The van der Waals surface area contributed by atoms with E-state index < -0.39 is 0 Å². The van der Waals surface area contributed by atoms with E-state index in [1.54, 1.807) is 12.4 Å². The standard InChI is InChI=1S/C26H25N5O/c1-19-25(21-8-6-12-27-17-21)30(3)18-31(19)22-9-5-11-24(16-22)32-23-10-4-7-20(15-23)26-28-13-14-29(26)2/h4-17H,18H2,1-3H3. The molecule has 0 spiro atoms. The van der Waals surface area contributed by atoms with E-state index >= 15 is 0 Å². The zero-order valence-electron chi connectivity index (χ0n) is 18.4. The van der Waals surface area contributed by atoms with E-state index in [1.165, 1.54) is 11.4 Å². The maximum absolute atomic E-state index is 6.23. The number of rotatable bonds is 5. The number of aromatic nitrogens is 3. The van der Waals surface area contributed by atoms with Crippen LogP contribution in [0.1, 0.15) is 12.5 Å². The molecule has 0 aliphatic carbocycles. The van der Waals surface area contributed by atoms with Gasteiger partial charge < -0.3 is 19.1 Å². The third-order valence-electron chi connectivity index (χ3n) is 5.70. The van der Waals surface area contributed by atoms with Crippen molar-refractivity contribution >= 4 is 11.4 Å². The van der Waals surface area contributed by atoms with Crippen molar-refractivity contribution in [1.82, 2.24) is 19.4 Å². The first-order chi connectivity index (χ1) is 15.6. The van der Waals surface area contributed by atoms with E-state index in [-0.39, 0.29) is 0 Å². The molecule has 0 fully saturated rings. The lowest BCUT2D eigenvalue weighted by Crippen LogP contribution is -2.24. The number of hydrogen-bond donors (Lipinski definition) is 0. The number of allylic oxidation sites excluding steroid dienone is 1. The minimum atomic E-state index is 0.772. The molecule has 0 unspecified atom stereocenters. The largest absolute Gasteiger partial charge is 0.457 e. The van der Waals surface area contributed by atoms with Crippen LogP contribution in [-0.4, -0.2) is 33.2 Å². The molecule has 0 radical (unpaired) electrons. The maximum atomic E-state index is 6.23. The fourth-order valence-electron chi connectivity index (χ4n) is 4.19. The monoisotopic (exact) mass is 423 g/mol. The SMILES string of the molecule is CC1=C(c2cccnc2)N(C)CN1c1cccc(Oc2cccc(-c3nccn3C)c2)c1. The van der Waals surface area contributed by atoms with Crippen LogP contribution in [-0.2, 0) is 7.05 Å². The Morgan fingerprint density at radius 3 is 2.41 bits per heavy atom. The fourth-order valence-corrected chi connectivity index (χ4v) is 4.19. The van der Waals surface area contributed by atoms with Gasteiger partial charge in [-0.1, -0.05) is 18.2 Å². The highest BCUT2D eigenvalue weighted by molar-refractivity contribution is 5.74. The molecule has 1 aliphatic heterocycles. The van der Waals surface area contributed by atoms with E-state index in [0.29, 0.717) is 0 Å². The summed E-state index contributed by atoms with van der Waals surface area (Å²) in [7, 11) is 4.09. The van der Waals surface area contributed by atoms with Gasteiger partial charge in [-0.2, -0.15) is 0 Å². The summed E-state index contributed by atoms with van der Waals surface area (Å²) in [6.45, 7) is 2.92. The highest BCUT2D eigenvalue weighted by atomic mass is 16.5. The molecule has 6 nitrogen and oxygen atoms in total. The van der Waals surface area contributed by atoms with Crippen LogP contribution >= 0.6 is 0 Å². The maximum Gasteiger partial charge on any atom is 0.139 e. The molecule has 6 heteroatoms. The second-order valence-corrected chi connectivity index (χ2v) is 7.93. The van der Waals surface area contributed by atoms with Gasteiger partial charge in [0.25, 0.3) is 0 Å². The average molecular weight is 424 g/mol. The van der Waals surface area contributed by atoms with Crippen molar-refractivity contribution in [3.05, 3.63) is 96.7 Å². The van der Waals surface area contributed by atoms with Gasteiger partial charge in [0.1, 0.15) is 17.3 Å². The molecule has 0 atom stereocenters. The van der Waals surface area contributed by atoms with Crippen molar-refractivity contribution < 1.29 is 4.74 Å². The Balaban J connectivity index is 1.41. The van der Waals surface area contributed by atoms with Gasteiger partial charge in [0, 0.05) is 67.5 Å². The number of hydrogen-bond acceptors (Lipinski definition) is 5. The minimum Gasteiger partial charge on any atom is -0.457 e. The third kappa shape index (κ3) is 3.71. The zero-order chi connectivity index (χ0) is 22.1. The molecule has 0 saturated carbocycles. The molecule has 0 saturated heterocycles. The molecule has 4 aromatic rings. The van der Waals surface area contributed by atoms with Crippen LogP contribution in [0.25, 0.3) is 17.1 Å². The molecule has 0 bridgehead atoms. The summed E-state index contributed by atoms with van der Waals surface area (Å²) in [6, 6.07) is 20.3. The van der Waals surface area contributed by atoms with Gasteiger partial charge in [0.2, 0.25) is 0 Å². The number of pyridine rings is 1. The van der Waals surface area contributed by atoms with Crippen molar-refractivity contribution in [2.24, 2.45) is 7.05 Å². The second-order valence-electron chi connectivity index (χ2n) is 7.93. The lowest BCUT2D eigenvalue weighted by Gasteiger charge is -2.21. The average Bonchev–Trinajstić information content (AvgIpc) is 3.37.